The van der Waals surface area contributed by atoms with E-state index in [4.69, 9.17) is 4.74 Å². The maximum atomic E-state index is 12.5. The number of ether oxygens (including phenoxy) is 1. The number of carbonyl (C=O) groups is 1. The Morgan fingerprint density at radius 3 is 2.88 bits per heavy atom. The van der Waals surface area contributed by atoms with Crippen LogP contribution in [-0.2, 0) is 9.53 Å². The van der Waals surface area contributed by atoms with Crippen molar-refractivity contribution < 1.29 is 9.53 Å². The summed E-state index contributed by atoms with van der Waals surface area (Å²) in [5.41, 5.74) is 1.11. The van der Waals surface area contributed by atoms with Gasteiger partial charge in [-0.1, -0.05) is 30.3 Å². The van der Waals surface area contributed by atoms with E-state index in [1.165, 1.54) is 16.9 Å². The van der Waals surface area contributed by atoms with Gasteiger partial charge in [0.15, 0.2) is 5.13 Å². The first kappa shape index (κ1) is 17.1. The van der Waals surface area contributed by atoms with Crippen LogP contribution in [0.15, 0.2) is 41.9 Å². The van der Waals surface area contributed by atoms with Crippen molar-refractivity contribution in [2.45, 2.75) is 44.6 Å². The molecule has 1 aromatic heterocycles. The quantitative estimate of drug-likeness (QED) is 0.871. The number of anilines is 1. The van der Waals surface area contributed by atoms with Crippen molar-refractivity contribution in [2.24, 2.45) is 5.92 Å². The molecule has 0 unspecified atom stereocenters. The minimum Gasteiger partial charge on any atom is -0.376 e. The average molecular weight is 344 g/mol. The molecule has 1 amide bonds. The molecule has 1 N–H and O–H groups in total. The number of hydrogen-bond donors (Lipinski definition) is 1. The highest BCUT2D eigenvalue weighted by Gasteiger charge is 2.35. The zero-order chi connectivity index (χ0) is 17.0. The van der Waals surface area contributed by atoms with E-state index >= 15 is 0 Å². The minimum absolute atomic E-state index is 0.0306. The average Bonchev–Trinajstić information content (AvgIpc) is 3.05. The normalized spacial score (nSPS) is 21.2. The van der Waals surface area contributed by atoms with Crippen LogP contribution in [-0.4, -0.2) is 23.1 Å². The molecule has 1 fully saturated rings. The van der Waals surface area contributed by atoms with Crippen LogP contribution >= 0.6 is 11.3 Å². The SMILES string of the molecule is CC1(C)C[C@@H]([C@@H](CC(=O)Nc2nccs2)c2ccccc2)CCO1. The third-order valence-corrected chi connectivity index (χ3v) is 5.30. The van der Waals surface area contributed by atoms with Gasteiger partial charge in [0, 0.05) is 24.6 Å². The third kappa shape index (κ3) is 4.42. The number of aromatic nitrogens is 1. The Balaban J connectivity index is 1.76. The van der Waals surface area contributed by atoms with Crippen LogP contribution in [0.25, 0.3) is 0 Å². The summed E-state index contributed by atoms with van der Waals surface area (Å²) in [6, 6.07) is 10.4. The van der Waals surface area contributed by atoms with Crippen molar-refractivity contribution in [1.29, 1.82) is 0 Å². The van der Waals surface area contributed by atoms with Crippen molar-refractivity contribution in [3.05, 3.63) is 47.5 Å². The predicted molar refractivity (Wildman–Crippen MR) is 97.3 cm³/mol. The van der Waals surface area contributed by atoms with Crippen molar-refractivity contribution >= 4 is 22.4 Å². The molecule has 2 heterocycles. The summed E-state index contributed by atoms with van der Waals surface area (Å²) in [7, 11) is 0. The van der Waals surface area contributed by atoms with Crippen molar-refractivity contribution in [2.75, 3.05) is 11.9 Å². The first-order valence-electron chi connectivity index (χ1n) is 8.42. The third-order valence-electron chi connectivity index (χ3n) is 4.62. The number of amides is 1. The Bertz CT molecular complexity index is 655. The molecule has 5 heteroatoms. The monoisotopic (exact) mass is 344 g/mol. The van der Waals surface area contributed by atoms with Gasteiger partial charge < -0.3 is 10.1 Å². The van der Waals surface area contributed by atoms with Gasteiger partial charge in [0.05, 0.1) is 5.60 Å². The molecule has 0 bridgehead atoms. The van der Waals surface area contributed by atoms with E-state index < -0.39 is 0 Å². The summed E-state index contributed by atoms with van der Waals surface area (Å²) in [6.45, 7) is 5.03. The summed E-state index contributed by atoms with van der Waals surface area (Å²) in [6.07, 6.45) is 4.14. The largest absolute Gasteiger partial charge is 0.376 e. The maximum Gasteiger partial charge on any atom is 0.226 e. The van der Waals surface area contributed by atoms with E-state index in [0.717, 1.165) is 19.4 Å². The lowest BCUT2D eigenvalue weighted by atomic mass is 9.75. The number of carbonyl (C=O) groups excluding carboxylic acids is 1. The molecule has 0 radical (unpaired) electrons. The highest BCUT2D eigenvalue weighted by atomic mass is 32.1. The predicted octanol–water partition coefficient (Wildman–Crippen LogP) is 4.46. The molecule has 0 spiro atoms. The van der Waals surface area contributed by atoms with Crippen LogP contribution in [0.1, 0.15) is 44.6 Å². The maximum absolute atomic E-state index is 12.5. The number of nitrogens with zero attached hydrogens (tertiary/aromatic N) is 1. The van der Waals surface area contributed by atoms with Gasteiger partial charge in [0.25, 0.3) is 0 Å². The van der Waals surface area contributed by atoms with E-state index in [1.54, 1.807) is 6.20 Å². The Hall–Kier alpha value is -1.72. The van der Waals surface area contributed by atoms with E-state index in [1.807, 2.05) is 23.6 Å². The number of benzene rings is 1. The van der Waals surface area contributed by atoms with Crippen LogP contribution in [0, 0.1) is 5.92 Å². The molecule has 3 rings (SSSR count). The Morgan fingerprint density at radius 1 is 1.42 bits per heavy atom. The molecule has 128 valence electrons. The number of rotatable bonds is 5. The molecule has 24 heavy (non-hydrogen) atoms. The fourth-order valence-corrected chi connectivity index (χ4v) is 4.08. The van der Waals surface area contributed by atoms with Crippen LogP contribution in [0.3, 0.4) is 0 Å². The van der Waals surface area contributed by atoms with Gasteiger partial charge >= 0.3 is 0 Å². The Labute approximate surface area is 147 Å². The van der Waals surface area contributed by atoms with Crippen LogP contribution in [0.2, 0.25) is 0 Å². The van der Waals surface area contributed by atoms with Gasteiger partial charge in [0.1, 0.15) is 0 Å². The fraction of sp³-hybridized carbons (Fsp3) is 0.474. The van der Waals surface area contributed by atoms with Crippen molar-refractivity contribution in [3.8, 4) is 0 Å². The van der Waals surface area contributed by atoms with E-state index in [-0.39, 0.29) is 17.4 Å². The van der Waals surface area contributed by atoms with Crippen molar-refractivity contribution in [3.63, 3.8) is 0 Å². The van der Waals surface area contributed by atoms with Gasteiger partial charge in [0.2, 0.25) is 5.91 Å². The molecule has 1 aliphatic heterocycles. The lowest BCUT2D eigenvalue weighted by Gasteiger charge is -2.39. The van der Waals surface area contributed by atoms with Gasteiger partial charge in [-0.2, -0.15) is 0 Å². The highest BCUT2D eigenvalue weighted by Crippen LogP contribution is 2.40. The molecule has 0 saturated carbocycles. The van der Waals surface area contributed by atoms with Gasteiger partial charge in [-0.25, -0.2) is 4.98 Å². The standard InChI is InChI=1S/C19H24N2O2S/c1-19(2)13-15(8-10-23-19)16(14-6-4-3-5-7-14)12-17(22)21-18-20-9-11-24-18/h3-7,9,11,15-16H,8,10,12-13H2,1-2H3,(H,20,21,22)/t15-,16-/m0/s1. The number of hydrogen-bond acceptors (Lipinski definition) is 4. The van der Waals surface area contributed by atoms with E-state index in [2.05, 4.69) is 36.3 Å². The fourth-order valence-electron chi connectivity index (χ4n) is 3.53. The molecule has 1 aliphatic rings. The topological polar surface area (TPSA) is 51.2 Å². The van der Waals surface area contributed by atoms with Gasteiger partial charge in [-0.15, -0.1) is 11.3 Å². The molecule has 1 saturated heterocycles. The smallest absolute Gasteiger partial charge is 0.226 e. The van der Waals surface area contributed by atoms with Crippen molar-refractivity contribution in [1.82, 2.24) is 4.98 Å². The molecular weight excluding hydrogens is 320 g/mol. The minimum atomic E-state index is -0.123. The summed E-state index contributed by atoms with van der Waals surface area (Å²) in [5.74, 6) is 0.677. The highest BCUT2D eigenvalue weighted by molar-refractivity contribution is 7.13. The second kappa shape index (κ2) is 7.45. The number of nitrogens with one attached hydrogen (secondary N) is 1. The molecule has 2 atom stereocenters. The van der Waals surface area contributed by atoms with Gasteiger partial charge in [-0.05, 0) is 44.1 Å². The summed E-state index contributed by atoms with van der Waals surface area (Å²) < 4.78 is 5.86. The van der Waals surface area contributed by atoms with Crippen LogP contribution < -0.4 is 5.32 Å². The van der Waals surface area contributed by atoms with E-state index in [0.29, 0.717) is 17.5 Å². The Kier molecular flexibility index (Phi) is 5.31. The summed E-state index contributed by atoms with van der Waals surface area (Å²) in [4.78, 5) is 16.7. The first-order valence-corrected chi connectivity index (χ1v) is 9.30. The molecule has 0 aliphatic carbocycles. The lowest BCUT2D eigenvalue weighted by Crippen LogP contribution is -2.37. The summed E-state index contributed by atoms with van der Waals surface area (Å²) >= 11 is 1.45. The molecule has 2 aromatic rings. The zero-order valence-corrected chi connectivity index (χ0v) is 15.0. The molecule has 4 nitrogen and oxygen atoms in total. The first-order chi connectivity index (χ1) is 11.5. The Morgan fingerprint density at radius 2 is 2.21 bits per heavy atom. The van der Waals surface area contributed by atoms with Crippen LogP contribution in [0.4, 0.5) is 5.13 Å². The molecular formula is C19H24N2O2S. The zero-order valence-electron chi connectivity index (χ0n) is 14.2. The van der Waals surface area contributed by atoms with E-state index in [9.17, 15) is 4.79 Å². The second-order valence-corrected chi connectivity index (χ2v) is 7.86. The van der Waals surface area contributed by atoms with Crippen LogP contribution in [0.5, 0.6) is 0 Å². The number of thiazole rings is 1. The summed E-state index contributed by atoms with van der Waals surface area (Å²) in [5, 5.41) is 5.45. The molecule has 1 aromatic carbocycles. The van der Waals surface area contributed by atoms with Gasteiger partial charge in [-0.3, -0.25) is 4.79 Å². The second-order valence-electron chi connectivity index (χ2n) is 6.97. The lowest BCUT2D eigenvalue weighted by molar-refractivity contribution is -0.118.